The van der Waals surface area contributed by atoms with Gasteiger partial charge in [-0.3, -0.25) is 14.4 Å². The highest BCUT2D eigenvalue weighted by molar-refractivity contribution is 6.31. The topological polar surface area (TPSA) is 95.2 Å². The second-order valence-corrected chi connectivity index (χ2v) is 9.90. The summed E-state index contributed by atoms with van der Waals surface area (Å²) in [5.74, 6) is 0.348. The zero-order chi connectivity index (χ0) is 25.1. The number of anilines is 1. The molecule has 1 aromatic carbocycles. The molecule has 1 aromatic heterocycles. The highest BCUT2D eigenvalue weighted by atomic mass is 35.5. The number of aryl methyl sites for hydroxylation is 1. The van der Waals surface area contributed by atoms with E-state index in [0.29, 0.717) is 36.1 Å². The first-order chi connectivity index (χ1) is 16.7. The summed E-state index contributed by atoms with van der Waals surface area (Å²) in [7, 11) is 1.49. The summed E-state index contributed by atoms with van der Waals surface area (Å²) in [6.45, 7) is 3.25. The molecular formula is C27H29ClN4O3. The van der Waals surface area contributed by atoms with Gasteiger partial charge in [0, 0.05) is 43.2 Å². The Morgan fingerprint density at radius 1 is 1.20 bits per heavy atom. The number of nitrogens with one attached hydrogen (secondary N) is 1. The van der Waals surface area contributed by atoms with Crippen LogP contribution in [0.5, 0.6) is 0 Å². The summed E-state index contributed by atoms with van der Waals surface area (Å²) >= 11 is 6.33. The molecule has 0 spiro atoms. The monoisotopic (exact) mass is 492 g/mol. The van der Waals surface area contributed by atoms with E-state index in [0.717, 1.165) is 24.0 Å². The summed E-state index contributed by atoms with van der Waals surface area (Å²) < 4.78 is 1.20. The Labute approximate surface area is 210 Å². The van der Waals surface area contributed by atoms with E-state index in [1.807, 2.05) is 24.0 Å². The molecule has 2 aliphatic rings. The zero-order valence-electron chi connectivity index (χ0n) is 20.1. The van der Waals surface area contributed by atoms with Gasteiger partial charge in [-0.05, 0) is 67.9 Å². The highest BCUT2D eigenvalue weighted by Crippen LogP contribution is 2.32. The standard InChI is InChI=1S/C27H29ClN4O3/c1-17-10-22(28)13-20(11-19-6-8-32(9-7-19)25(34)12-18-4-3-5-18)26(17)30-27(35)21-14-23(16-29)31(2)24(33)15-21/h10-11,13-15,18H,3-9,12H2,1-2H3,(H,30,35). The van der Waals surface area contributed by atoms with Gasteiger partial charge >= 0.3 is 0 Å². The number of hydrogen-bond donors (Lipinski definition) is 1. The number of halogens is 1. The molecule has 2 fully saturated rings. The van der Waals surface area contributed by atoms with Gasteiger partial charge in [0.25, 0.3) is 11.5 Å². The van der Waals surface area contributed by atoms with E-state index < -0.39 is 11.5 Å². The number of piperidine rings is 1. The number of aromatic nitrogens is 1. The van der Waals surface area contributed by atoms with Crippen molar-refractivity contribution < 1.29 is 9.59 Å². The normalized spacial score (nSPS) is 15.8. The van der Waals surface area contributed by atoms with E-state index in [-0.39, 0.29) is 17.2 Å². The predicted molar refractivity (Wildman–Crippen MR) is 136 cm³/mol. The van der Waals surface area contributed by atoms with Crippen LogP contribution < -0.4 is 10.9 Å². The lowest BCUT2D eigenvalue weighted by atomic mass is 9.82. The van der Waals surface area contributed by atoms with Crippen molar-refractivity contribution in [3.8, 4) is 6.07 Å². The van der Waals surface area contributed by atoms with Crippen LogP contribution in [0.3, 0.4) is 0 Å². The molecule has 2 amide bonds. The summed E-state index contributed by atoms with van der Waals surface area (Å²) in [6, 6.07) is 8.12. The Morgan fingerprint density at radius 2 is 1.91 bits per heavy atom. The predicted octanol–water partition coefficient (Wildman–Crippen LogP) is 4.67. The van der Waals surface area contributed by atoms with Crippen molar-refractivity contribution >= 4 is 35.2 Å². The Balaban J connectivity index is 1.52. The lowest BCUT2D eigenvalue weighted by Gasteiger charge is -2.32. The summed E-state index contributed by atoms with van der Waals surface area (Å²) in [4.78, 5) is 39.7. The van der Waals surface area contributed by atoms with Crippen molar-refractivity contribution in [2.75, 3.05) is 18.4 Å². The van der Waals surface area contributed by atoms with E-state index in [1.165, 1.54) is 48.6 Å². The third-order valence-electron chi connectivity index (χ3n) is 7.02. The average Bonchev–Trinajstić information content (AvgIpc) is 2.80. The SMILES string of the molecule is Cc1cc(Cl)cc(C=C2CCN(C(=O)CC3CCC3)CC2)c1NC(=O)c1cc(C#N)n(C)c(=O)c1. The molecule has 0 bridgehead atoms. The molecule has 2 heterocycles. The average molecular weight is 493 g/mol. The molecule has 4 rings (SSSR count). The fourth-order valence-electron chi connectivity index (χ4n) is 4.59. The van der Waals surface area contributed by atoms with Gasteiger partial charge in [0.2, 0.25) is 5.91 Å². The first-order valence-corrected chi connectivity index (χ1v) is 12.3. The van der Waals surface area contributed by atoms with Crippen LogP contribution in [0, 0.1) is 24.2 Å². The molecule has 1 N–H and O–H groups in total. The first-order valence-electron chi connectivity index (χ1n) is 11.9. The largest absolute Gasteiger partial charge is 0.342 e. The summed E-state index contributed by atoms with van der Waals surface area (Å²) in [5.41, 5.74) is 3.16. The number of benzene rings is 1. The number of hydrogen-bond acceptors (Lipinski definition) is 4. The Hall–Kier alpha value is -3.37. The van der Waals surface area contributed by atoms with E-state index in [2.05, 4.69) is 5.32 Å². The molecule has 0 unspecified atom stereocenters. The molecule has 182 valence electrons. The summed E-state index contributed by atoms with van der Waals surface area (Å²) in [6.07, 6.45) is 7.83. The van der Waals surface area contributed by atoms with E-state index in [9.17, 15) is 19.6 Å². The maximum absolute atomic E-state index is 13.0. The van der Waals surface area contributed by atoms with E-state index in [4.69, 9.17) is 11.6 Å². The Bertz CT molecular complexity index is 1290. The van der Waals surface area contributed by atoms with Gasteiger partial charge in [0.15, 0.2) is 0 Å². The van der Waals surface area contributed by atoms with Crippen LogP contribution in [0.4, 0.5) is 5.69 Å². The number of likely N-dealkylation sites (tertiary alicyclic amines) is 1. The number of amides is 2. The van der Waals surface area contributed by atoms with E-state index >= 15 is 0 Å². The Kier molecular flexibility index (Phi) is 7.42. The lowest BCUT2D eigenvalue weighted by Crippen LogP contribution is -2.37. The van der Waals surface area contributed by atoms with Gasteiger partial charge in [-0.1, -0.05) is 29.7 Å². The number of carbonyl (C=O) groups is 2. The van der Waals surface area contributed by atoms with Crippen LogP contribution in [0.15, 0.2) is 34.6 Å². The van der Waals surface area contributed by atoms with Gasteiger partial charge < -0.3 is 14.8 Å². The molecule has 8 heteroatoms. The maximum Gasteiger partial charge on any atom is 0.255 e. The molecule has 1 saturated heterocycles. The van der Waals surface area contributed by atoms with Crippen molar-refractivity contribution in [3.05, 3.63) is 67.6 Å². The van der Waals surface area contributed by atoms with Crippen molar-refractivity contribution in [3.63, 3.8) is 0 Å². The Morgan fingerprint density at radius 3 is 2.54 bits per heavy atom. The van der Waals surface area contributed by atoms with Gasteiger partial charge in [0.1, 0.15) is 11.8 Å². The van der Waals surface area contributed by atoms with Gasteiger partial charge in [0.05, 0.1) is 5.69 Å². The van der Waals surface area contributed by atoms with E-state index in [1.54, 1.807) is 12.1 Å². The van der Waals surface area contributed by atoms with Crippen molar-refractivity contribution in [1.82, 2.24) is 9.47 Å². The highest BCUT2D eigenvalue weighted by Gasteiger charge is 2.25. The zero-order valence-corrected chi connectivity index (χ0v) is 20.8. The number of pyridine rings is 1. The van der Waals surface area contributed by atoms with Gasteiger partial charge in [-0.25, -0.2) is 0 Å². The molecule has 0 radical (unpaired) electrons. The first kappa shape index (κ1) is 24.7. The smallest absolute Gasteiger partial charge is 0.255 e. The fourth-order valence-corrected chi connectivity index (χ4v) is 4.87. The second-order valence-electron chi connectivity index (χ2n) is 9.46. The van der Waals surface area contributed by atoms with Crippen LogP contribution in [-0.4, -0.2) is 34.4 Å². The molecule has 1 saturated carbocycles. The molecule has 7 nitrogen and oxygen atoms in total. The minimum atomic E-state index is -0.472. The molecule has 2 aromatic rings. The molecule has 35 heavy (non-hydrogen) atoms. The molecular weight excluding hydrogens is 464 g/mol. The minimum Gasteiger partial charge on any atom is -0.342 e. The van der Waals surface area contributed by atoms with Crippen molar-refractivity contribution in [1.29, 1.82) is 5.26 Å². The number of nitrogens with zero attached hydrogens (tertiary/aromatic N) is 3. The second kappa shape index (κ2) is 10.5. The molecule has 0 atom stereocenters. The molecule has 1 aliphatic carbocycles. The van der Waals surface area contributed by atoms with Crippen LogP contribution in [0.1, 0.15) is 65.7 Å². The van der Waals surface area contributed by atoms with Crippen LogP contribution >= 0.6 is 11.6 Å². The van der Waals surface area contributed by atoms with Crippen molar-refractivity contribution in [2.24, 2.45) is 13.0 Å². The van der Waals surface area contributed by atoms with Gasteiger partial charge in [-0.2, -0.15) is 5.26 Å². The van der Waals surface area contributed by atoms with Crippen LogP contribution in [0.2, 0.25) is 5.02 Å². The third-order valence-corrected chi connectivity index (χ3v) is 7.23. The quantitative estimate of drug-likeness (QED) is 0.656. The molecule has 1 aliphatic heterocycles. The third kappa shape index (κ3) is 5.66. The minimum absolute atomic E-state index is 0.108. The number of carbonyl (C=O) groups excluding carboxylic acids is 2. The summed E-state index contributed by atoms with van der Waals surface area (Å²) in [5, 5.41) is 12.7. The number of rotatable bonds is 5. The van der Waals surface area contributed by atoms with Gasteiger partial charge in [-0.15, -0.1) is 0 Å². The lowest BCUT2D eigenvalue weighted by molar-refractivity contribution is -0.133. The van der Waals surface area contributed by atoms with Crippen LogP contribution in [0.25, 0.3) is 6.08 Å². The maximum atomic E-state index is 13.0. The van der Waals surface area contributed by atoms with Crippen LogP contribution in [-0.2, 0) is 11.8 Å². The van der Waals surface area contributed by atoms with Crippen molar-refractivity contribution in [2.45, 2.75) is 45.4 Å². The fraction of sp³-hybridized carbons (Fsp3) is 0.407. The number of nitriles is 1.